The molecule has 2 rings (SSSR count). The van der Waals surface area contributed by atoms with Gasteiger partial charge in [-0.05, 0) is 38.3 Å². The van der Waals surface area contributed by atoms with Crippen LogP contribution in [0.2, 0.25) is 0 Å². The molecule has 1 aromatic heterocycles. The molecule has 4 nitrogen and oxygen atoms in total. The van der Waals surface area contributed by atoms with E-state index in [1.807, 2.05) is 11.7 Å². The van der Waals surface area contributed by atoms with Gasteiger partial charge in [-0.2, -0.15) is 5.10 Å². The fourth-order valence-electron chi connectivity index (χ4n) is 2.48. The summed E-state index contributed by atoms with van der Waals surface area (Å²) in [6.45, 7) is 3.85. The van der Waals surface area contributed by atoms with Crippen molar-refractivity contribution in [3.8, 4) is 0 Å². The fourth-order valence-corrected chi connectivity index (χ4v) is 2.48. The number of hydrogen-bond donors (Lipinski definition) is 1. The third kappa shape index (κ3) is 2.87. The average Bonchev–Trinajstić information content (AvgIpc) is 3.06. The van der Waals surface area contributed by atoms with E-state index >= 15 is 0 Å². The first-order valence-electron chi connectivity index (χ1n) is 6.57. The molecule has 0 bridgehead atoms. The lowest BCUT2D eigenvalue weighted by Gasteiger charge is -2.26. The van der Waals surface area contributed by atoms with Crippen molar-refractivity contribution in [3.63, 3.8) is 0 Å². The Morgan fingerprint density at radius 1 is 1.59 bits per heavy atom. The van der Waals surface area contributed by atoms with Gasteiger partial charge in [-0.15, -0.1) is 0 Å². The van der Waals surface area contributed by atoms with E-state index in [-0.39, 0.29) is 0 Å². The largest absolute Gasteiger partial charge is 0.329 e. The summed E-state index contributed by atoms with van der Waals surface area (Å²) in [6.07, 6.45) is 3.69. The highest BCUT2D eigenvalue weighted by Crippen LogP contribution is 2.34. The summed E-state index contributed by atoms with van der Waals surface area (Å²) in [6, 6.07) is 2.74. The van der Waals surface area contributed by atoms with Gasteiger partial charge in [0.2, 0.25) is 0 Å². The number of nitrogens with two attached hydrogens (primary N) is 1. The summed E-state index contributed by atoms with van der Waals surface area (Å²) in [4.78, 5) is 2.38. The molecule has 0 amide bonds. The minimum absolute atomic E-state index is 0.537. The second kappa shape index (κ2) is 5.19. The van der Waals surface area contributed by atoms with Crippen LogP contribution in [0.5, 0.6) is 0 Å². The first-order valence-corrected chi connectivity index (χ1v) is 6.57. The molecule has 1 aliphatic carbocycles. The van der Waals surface area contributed by atoms with Gasteiger partial charge in [0, 0.05) is 26.2 Å². The Morgan fingerprint density at radius 2 is 2.29 bits per heavy atom. The van der Waals surface area contributed by atoms with Gasteiger partial charge in [-0.3, -0.25) is 9.58 Å². The van der Waals surface area contributed by atoms with Gasteiger partial charge in [0.1, 0.15) is 0 Å². The van der Waals surface area contributed by atoms with E-state index in [0.717, 1.165) is 25.4 Å². The van der Waals surface area contributed by atoms with Crippen LogP contribution in [0.4, 0.5) is 0 Å². The molecule has 0 saturated heterocycles. The summed E-state index contributed by atoms with van der Waals surface area (Å²) in [7, 11) is 4.20. The minimum atomic E-state index is 0.537. The van der Waals surface area contributed by atoms with Crippen molar-refractivity contribution in [2.75, 3.05) is 13.6 Å². The topological polar surface area (TPSA) is 47.1 Å². The van der Waals surface area contributed by atoms with Crippen LogP contribution in [0.3, 0.4) is 0 Å². The maximum Gasteiger partial charge on any atom is 0.0625 e. The first kappa shape index (κ1) is 12.6. The molecule has 1 aliphatic rings. The zero-order valence-electron chi connectivity index (χ0n) is 11.2. The molecule has 4 heteroatoms. The van der Waals surface area contributed by atoms with Crippen LogP contribution in [-0.2, 0) is 20.0 Å². The van der Waals surface area contributed by atoms with Crippen LogP contribution in [0.1, 0.15) is 31.2 Å². The lowest BCUT2D eigenvalue weighted by molar-refractivity contribution is 0.210. The third-order valence-corrected chi connectivity index (χ3v) is 3.77. The van der Waals surface area contributed by atoms with Gasteiger partial charge in [0.25, 0.3) is 0 Å². The van der Waals surface area contributed by atoms with E-state index in [0.29, 0.717) is 6.04 Å². The summed E-state index contributed by atoms with van der Waals surface area (Å²) in [5, 5.41) is 4.49. The Labute approximate surface area is 104 Å². The Balaban J connectivity index is 2.00. The second-order valence-corrected chi connectivity index (χ2v) is 5.16. The number of likely N-dealkylation sites (N-methyl/N-ethyl adjacent to an activating group) is 1. The van der Waals surface area contributed by atoms with Gasteiger partial charge in [0.05, 0.1) is 11.4 Å². The Kier molecular flexibility index (Phi) is 3.84. The van der Waals surface area contributed by atoms with Gasteiger partial charge in [-0.1, -0.05) is 6.92 Å². The van der Waals surface area contributed by atoms with E-state index in [1.165, 1.54) is 24.2 Å². The molecule has 0 aromatic carbocycles. The zero-order valence-corrected chi connectivity index (χ0v) is 11.2. The molecule has 0 spiro atoms. The van der Waals surface area contributed by atoms with E-state index in [2.05, 4.69) is 30.0 Å². The molecular formula is C13H24N4. The Morgan fingerprint density at radius 3 is 2.76 bits per heavy atom. The summed E-state index contributed by atoms with van der Waals surface area (Å²) < 4.78 is 2.00. The van der Waals surface area contributed by atoms with Gasteiger partial charge >= 0.3 is 0 Å². The third-order valence-electron chi connectivity index (χ3n) is 3.77. The van der Waals surface area contributed by atoms with Gasteiger partial charge in [0.15, 0.2) is 0 Å². The summed E-state index contributed by atoms with van der Waals surface area (Å²) in [5.74, 6) is 0.823. The van der Waals surface area contributed by atoms with Crippen molar-refractivity contribution < 1.29 is 0 Å². The van der Waals surface area contributed by atoms with Crippen molar-refractivity contribution in [3.05, 3.63) is 17.5 Å². The smallest absolute Gasteiger partial charge is 0.0625 e. The van der Waals surface area contributed by atoms with Crippen molar-refractivity contribution in [2.24, 2.45) is 18.7 Å². The molecule has 1 heterocycles. The lowest BCUT2D eigenvalue weighted by atomic mass is 10.1. The predicted molar refractivity (Wildman–Crippen MR) is 69.6 cm³/mol. The van der Waals surface area contributed by atoms with E-state index in [4.69, 9.17) is 5.73 Å². The van der Waals surface area contributed by atoms with E-state index in [9.17, 15) is 0 Å². The average molecular weight is 236 g/mol. The normalized spacial score (nSPS) is 17.7. The standard InChI is InChI=1S/C13H24N4/c1-4-11-7-12(17(3)15-11)9-16(2)13(8-14)10-5-6-10/h7,10,13H,4-6,8-9,14H2,1-3H3. The van der Waals surface area contributed by atoms with Crippen LogP contribution in [0, 0.1) is 5.92 Å². The van der Waals surface area contributed by atoms with Crippen molar-refractivity contribution >= 4 is 0 Å². The Hall–Kier alpha value is -0.870. The minimum Gasteiger partial charge on any atom is -0.329 e. The molecule has 1 unspecified atom stereocenters. The number of hydrogen-bond acceptors (Lipinski definition) is 3. The van der Waals surface area contributed by atoms with Crippen LogP contribution in [-0.4, -0.2) is 34.3 Å². The highest BCUT2D eigenvalue weighted by molar-refractivity contribution is 5.10. The number of aromatic nitrogens is 2. The molecule has 2 N–H and O–H groups in total. The van der Waals surface area contributed by atoms with Crippen molar-refractivity contribution in [1.29, 1.82) is 0 Å². The highest BCUT2D eigenvalue weighted by Gasteiger charge is 2.32. The highest BCUT2D eigenvalue weighted by atomic mass is 15.3. The Bertz CT molecular complexity index is 367. The van der Waals surface area contributed by atoms with Crippen molar-refractivity contribution in [2.45, 2.75) is 38.8 Å². The monoisotopic (exact) mass is 236 g/mol. The van der Waals surface area contributed by atoms with Crippen LogP contribution < -0.4 is 5.73 Å². The molecule has 96 valence electrons. The van der Waals surface area contributed by atoms with Crippen molar-refractivity contribution in [1.82, 2.24) is 14.7 Å². The quantitative estimate of drug-likeness (QED) is 0.806. The fraction of sp³-hybridized carbons (Fsp3) is 0.769. The number of aryl methyl sites for hydroxylation is 2. The first-order chi connectivity index (χ1) is 8.15. The summed E-state index contributed by atoms with van der Waals surface area (Å²) in [5.41, 5.74) is 8.33. The molecule has 1 fully saturated rings. The molecule has 1 saturated carbocycles. The second-order valence-electron chi connectivity index (χ2n) is 5.16. The van der Waals surface area contributed by atoms with Crippen LogP contribution in [0.15, 0.2) is 6.07 Å². The van der Waals surface area contributed by atoms with Gasteiger partial charge in [-0.25, -0.2) is 0 Å². The maximum absolute atomic E-state index is 5.87. The van der Waals surface area contributed by atoms with E-state index < -0.39 is 0 Å². The molecule has 1 aromatic rings. The van der Waals surface area contributed by atoms with Crippen LogP contribution in [0.25, 0.3) is 0 Å². The molecule has 17 heavy (non-hydrogen) atoms. The number of rotatable bonds is 6. The molecule has 0 radical (unpaired) electrons. The van der Waals surface area contributed by atoms with E-state index in [1.54, 1.807) is 0 Å². The van der Waals surface area contributed by atoms with Gasteiger partial charge < -0.3 is 5.73 Å². The lowest BCUT2D eigenvalue weighted by Crippen LogP contribution is -2.39. The number of nitrogens with zero attached hydrogens (tertiary/aromatic N) is 3. The zero-order chi connectivity index (χ0) is 12.4. The SMILES string of the molecule is CCc1cc(CN(C)C(CN)C2CC2)n(C)n1. The van der Waals surface area contributed by atoms with Crippen LogP contribution >= 0.6 is 0 Å². The maximum atomic E-state index is 5.87. The molecule has 1 atom stereocenters. The molecular weight excluding hydrogens is 212 g/mol. The summed E-state index contributed by atoms with van der Waals surface area (Å²) >= 11 is 0. The predicted octanol–water partition coefficient (Wildman–Crippen LogP) is 1.15. The molecule has 0 aliphatic heterocycles.